The molecule has 0 atom stereocenters. The van der Waals surface area contributed by atoms with Crippen molar-refractivity contribution >= 4 is 65.2 Å². The average molecular weight is 387 g/mol. The molecular formula is C28H18S. The maximum absolute atomic E-state index is 2.31. The fourth-order valence-corrected chi connectivity index (χ4v) is 5.48. The lowest BCUT2D eigenvalue weighted by Gasteiger charge is -2.08. The van der Waals surface area contributed by atoms with E-state index in [2.05, 4.69) is 109 Å². The molecule has 0 aliphatic carbocycles. The van der Waals surface area contributed by atoms with Gasteiger partial charge in [0.2, 0.25) is 0 Å². The third kappa shape index (κ3) is 2.66. The molecule has 0 fully saturated rings. The molecule has 0 radical (unpaired) electrons. The standard InChI is InChI=1S/C28H18S/c1-2-10-22-20(8-1)18-21(23-11-3-4-12-24(22)23)17-16-19-9-7-15-27-28(19)25-13-5-6-14-26(25)29-27/h1-18H/b17-16+. The fourth-order valence-electron chi connectivity index (χ4n) is 4.34. The average Bonchev–Trinajstić information content (AvgIpc) is 3.17. The Morgan fingerprint density at radius 1 is 0.483 bits per heavy atom. The van der Waals surface area contributed by atoms with Gasteiger partial charge in [0.05, 0.1) is 0 Å². The molecule has 136 valence electrons. The second kappa shape index (κ2) is 6.58. The lowest BCUT2D eigenvalue weighted by Crippen LogP contribution is -1.82. The van der Waals surface area contributed by atoms with Crippen LogP contribution in [-0.4, -0.2) is 0 Å². The number of fused-ring (bicyclic) bond motifs is 6. The molecule has 0 nitrogen and oxygen atoms in total. The molecule has 6 rings (SSSR count). The first-order chi connectivity index (χ1) is 14.4. The van der Waals surface area contributed by atoms with Gasteiger partial charge >= 0.3 is 0 Å². The van der Waals surface area contributed by atoms with Gasteiger partial charge in [-0.05, 0) is 50.9 Å². The maximum Gasteiger partial charge on any atom is 0.0361 e. The number of hydrogen-bond donors (Lipinski definition) is 0. The van der Waals surface area contributed by atoms with Gasteiger partial charge in [0, 0.05) is 20.2 Å². The molecule has 6 aromatic rings. The molecule has 0 aliphatic rings. The molecule has 29 heavy (non-hydrogen) atoms. The lowest BCUT2D eigenvalue weighted by molar-refractivity contribution is 1.73. The second-order valence-corrected chi connectivity index (χ2v) is 8.47. The quantitative estimate of drug-likeness (QED) is 0.207. The molecule has 1 heteroatoms. The Balaban J connectivity index is 1.59. The van der Waals surface area contributed by atoms with Gasteiger partial charge in [0.15, 0.2) is 0 Å². The summed E-state index contributed by atoms with van der Waals surface area (Å²) in [6.07, 6.45) is 4.55. The normalized spacial score (nSPS) is 12.0. The maximum atomic E-state index is 2.31. The van der Waals surface area contributed by atoms with Crippen molar-refractivity contribution in [3.8, 4) is 0 Å². The first-order valence-electron chi connectivity index (χ1n) is 9.87. The van der Waals surface area contributed by atoms with E-state index in [-0.39, 0.29) is 0 Å². The molecule has 0 unspecified atom stereocenters. The molecule has 0 aliphatic heterocycles. The summed E-state index contributed by atoms with van der Waals surface area (Å²) in [4.78, 5) is 0. The lowest BCUT2D eigenvalue weighted by atomic mass is 9.96. The molecule has 0 spiro atoms. The van der Waals surface area contributed by atoms with Crippen molar-refractivity contribution in [3.63, 3.8) is 0 Å². The Hall–Kier alpha value is -3.42. The number of thiophene rings is 1. The number of rotatable bonds is 2. The van der Waals surface area contributed by atoms with E-state index in [1.807, 2.05) is 11.3 Å². The Labute approximate surface area is 173 Å². The zero-order valence-electron chi connectivity index (χ0n) is 15.8. The first kappa shape index (κ1) is 16.5. The van der Waals surface area contributed by atoms with Crippen molar-refractivity contribution < 1.29 is 0 Å². The Kier molecular flexibility index (Phi) is 3.75. The van der Waals surface area contributed by atoms with Gasteiger partial charge in [-0.15, -0.1) is 11.3 Å². The Bertz CT molecular complexity index is 1550. The SMILES string of the molecule is C(=C\c1cccc2sc3ccccc3c12)/c1cc2ccccc2c2ccccc12. The highest BCUT2D eigenvalue weighted by atomic mass is 32.1. The van der Waals surface area contributed by atoms with Crippen molar-refractivity contribution in [2.75, 3.05) is 0 Å². The Morgan fingerprint density at radius 3 is 2.03 bits per heavy atom. The molecule has 1 aromatic heterocycles. The largest absolute Gasteiger partial charge is 0.135 e. The van der Waals surface area contributed by atoms with Crippen LogP contribution in [0.15, 0.2) is 97.1 Å². The van der Waals surface area contributed by atoms with Gasteiger partial charge in [-0.3, -0.25) is 0 Å². The molecular weight excluding hydrogens is 368 g/mol. The predicted octanol–water partition coefficient (Wildman–Crippen LogP) is 8.53. The highest BCUT2D eigenvalue weighted by molar-refractivity contribution is 7.25. The van der Waals surface area contributed by atoms with E-state index in [0.717, 1.165) is 0 Å². The third-order valence-electron chi connectivity index (χ3n) is 5.68. The van der Waals surface area contributed by atoms with Gasteiger partial charge in [-0.1, -0.05) is 91.0 Å². The fraction of sp³-hybridized carbons (Fsp3) is 0. The predicted molar refractivity (Wildman–Crippen MR) is 130 cm³/mol. The second-order valence-electron chi connectivity index (χ2n) is 7.38. The van der Waals surface area contributed by atoms with Crippen LogP contribution in [0.2, 0.25) is 0 Å². The monoisotopic (exact) mass is 386 g/mol. The minimum atomic E-state index is 1.26. The van der Waals surface area contributed by atoms with Crippen LogP contribution < -0.4 is 0 Å². The van der Waals surface area contributed by atoms with E-state index in [9.17, 15) is 0 Å². The molecule has 0 saturated carbocycles. The van der Waals surface area contributed by atoms with E-state index in [1.165, 1.54) is 52.8 Å². The minimum absolute atomic E-state index is 1.26. The number of benzene rings is 5. The third-order valence-corrected chi connectivity index (χ3v) is 6.81. The first-order valence-corrected chi connectivity index (χ1v) is 10.7. The topological polar surface area (TPSA) is 0 Å². The zero-order chi connectivity index (χ0) is 19.2. The van der Waals surface area contributed by atoms with Crippen molar-refractivity contribution in [2.45, 2.75) is 0 Å². The zero-order valence-corrected chi connectivity index (χ0v) is 16.6. The molecule has 1 heterocycles. The van der Waals surface area contributed by atoms with E-state index >= 15 is 0 Å². The van der Waals surface area contributed by atoms with E-state index in [0.29, 0.717) is 0 Å². The van der Waals surface area contributed by atoms with Crippen LogP contribution in [-0.2, 0) is 0 Å². The van der Waals surface area contributed by atoms with Gasteiger partial charge < -0.3 is 0 Å². The Morgan fingerprint density at radius 2 is 1.14 bits per heavy atom. The summed E-state index contributed by atoms with van der Waals surface area (Å²) in [5.41, 5.74) is 2.54. The summed E-state index contributed by atoms with van der Waals surface area (Å²) in [5, 5.41) is 7.90. The summed E-state index contributed by atoms with van der Waals surface area (Å²) in [7, 11) is 0. The molecule has 0 N–H and O–H groups in total. The highest BCUT2D eigenvalue weighted by Crippen LogP contribution is 2.37. The van der Waals surface area contributed by atoms with Crippen molar-refractivity contribution in [2.24, 2.45) is 0 Å². The summed E-state index contributed by atoms with van der Waals surface area (Å²) in [6, 6.07) is 35.0. The van der Waals surface area contributed by atoms with Crippen molar-refractivity contribution in [1.29, 1.82) is 0 Å². The summed E-state index contributed by atoms with van der Waals surface area (Å²) < 4.78 is 2.69. The smallest absolute Gasteiger partial charge is 0.0361 e. The van der Waals surface area contributed by atoms with Crippen LogP contribution in [0.5, 0.6) is 0 Å². The van der Waals surface area contributed by atoms with Gasteiger partial charge in [0.25, 0.3) is 0 Å². The van der Waals surface area contributed by atoms with Gasteiger partial charge in [-0.25, -0.2) is 0 Å². The summed E-state index contributed by atoms with van der Waals surface area (Å²) >= 11 is 1.87. The van der Waals surface area contributed by atoms with Crippen LogP contribution >= 0.6 is 11.3 Å². The van der Waals surface area contributed by atoms with Crippen molar-refractivity contribution in [3.05, 3.63) is 108 Å². The highest BCUT2D eigenvalue weighted by Gasteiger charge is 2.08. The van der Waals surface area contributed by atoms with E-state index < -0.39 is 0 Å². The molecule has 0 bridgehead atoms. The van der Waals surface area contributed by atoms with Gasteiger partial charge in [0.1, 0.15) is 0 Å². The molecule has 0 saturated heterocycles. The van der Waals surface area contributed by atoms with Crippen LogP contribution in [0.1, 0.15) is 11.1 Å². The minimum Gasteiger partial charge on any atom is -0.135 e. The summed E-state index contributed by atoms with van der Waals surface area (Å²) in [6.45, 7) is 0. The van der Waals surface area contributed by atoms with Crippen molar-refractivity contribution in [1.82, 2.24) is 0 Å². The van der Waals surface area contributed by atoms with Gasteiger partial charge in [-0.2, -0.15) is 0 Å². The van der Waals surface area contributed by atoms with Crippen LogP contribution in [0.4, 0.5) is 0 Å². The van der Waals surface area contributed by atoms with Crippen LogP contribution in [0.25, 0.3) is 53.9 Å². The number of hydrogen-bond acceptors (Lipinski definition) is 1. The van der Waals surface area contributed by atoms with E-state index in [4.69, 9.17) is 0 Å². The van der Waals surface area contributed by atoms with Crippen LogP contribution in [0.3, 0.4) is 0 Å². The van der Waals surface area contributed by atoms with E-state index in [1.54, 1.807) is 0 Å². The van der Waals surface area contributed by atoms with Crippen LogP contribution in [0, 0.1) is 0 Å². The molecule has 0 amide bonds. The summed E-state index contributed by atoms with van der Waals surface area (Å²) in [5.74, 6) is 0. The molecule has 5 aromatic carbocycles.